The number of unbranched alkanes of at least 4 members (excludes halogenated alkanes) is 1. The molecule has 98 valence electrons. The van der Waals surface area contributed by atoms with Crippen molar-refractivity contribution in [3.8, 4) is 0 Å². The maximum absolute atomic E-state index is 11.1. The van der Waals surface area contributed by atoms with Crippen molar-refractivity contribution in [2.75, 3.05) is 19.0 Å². The number of rotatable bonds is 8. The van der Waals surface area contributed by atoms with Gasteiger partial charge < -0.3 is 9.84 Å². The summed E-state index contributed by atoms with van der Waals surface area (Å²) < 4.78 is 6.71. The lowest BCUT2D eigenvalue weighted by atomic mass is 10.3. The minimum atomic E-state index is -0.538. The van der Waals surface area contributed by atoms with Gasteiger partial charge in [-0.3, -0.25) is 4.57 Å². The molecule has 0 spiro atoms. The van der Waals surface area contributed by atoms with Gasteiger partial charge in [0.2, 0.25) is 0 Å². The first-order valence-electron chi connectivity index (χ1n) is 5.65. The highest BCUT2D eigenvalue weighted by Gasteiger charge is 2.09. The number of nitrogens with one attached hydrogen (secondary N) is 1. The molecule has 1 rings (SSSR count). The summed E-state index contributed by atoms with van der Waals surface area (Å²) in [5.74, 6) is 0.463. The SMILES string of the molecule is CCCCOCC(O)CSc1n[nH]c(=O)n1C. The summed E-state index contributed by atoms with van der Waals surface area (Å²) in [5, 5.41) is 16.4. The monoisotopic (exact) mass is 261 g/mol. The third-order valence-corrected chi connectivity index (χ3v) is 3.37. The topological polar surface area (TPSA) is 80.1 Å². The van der Waals surface area contributed by atoms with E-state index in [4.69, 9.17) is 4.74 Å². The zero-order valence-corrected chi connectivity index (χ0v) is 11.0. The highest BCUT2D eigenvalue weighted by atomic mass is 32.2. The molecule has 0 aromatic carbocycles. The van der Waals surface area contributed by atoms with E-state index in [2.05, 4.69) is 17.1 Å². The number of H-pyrrole nitrogens is 1. The van der Waals surface area contributed by atoms with Crippen LogP contribution in [0, 0.1) is 0 Å². The summed E-state index contributed by atoms with van der Waals surface area (Å²) in [4.78, 5) is 11.1. The van der Waals surface area contributed by atoms with E-state index in [1.54, 1.807) is 7.05 Å². The Kier molecular flexibility index (Phi) is 6.31. The smallest absolute Gasteiger partial charge is 0.343 e. The van der Waals surface area contributed by atoms with E-state index in [9.17, 15) is 9.90 Å². The van der Waals surface area contributed by atoms with E-state index in [-0.39, 0.29) is 5.69 Å². The highest BCUT2D eigenvalue weighted by Crippen LogP contribution is 2.13. The number of aliphatic hydroxyl groups excluding tert-OH is 1. The standard InChI is InChI=1S/C10H19N3O3S/c1-3-4-5-16-6-8(14)7-17-10-12-11-9(15)13(10)2/h8,14H,3-7H2,1-2H3,(H,11,15). The fraction of sp³-hybridized carbons (Fsp3) is 0.800. The van der Waals surface area contributed by atoms with Gasteiger partial charge in [0.25, 0.3) is 0 Å². The maximum Gasteiger partial charge on any atom is 0.343 e. The molecular weight excluding hydrogens is 242 g/mol. The number of ether oxygens (including phenoxy) is 1. The average Bonchev–Trinajstić information content (AvgIpc) is 2.63. The van der Waals surface area contributed by atoms with Crippen LogP contribution in [0.4, 0.5) is 0 Å². The minimum absolute atomic E-state index is 0.249. The Balaban J connectivity index is 2.21. The predicted octanol–water partition coefficient (Wildman–Crippen LogP) is 0.378. The van der Waals surface area contributed by atoms with Gasteiger partial charge in [-0.05, 0) is 6.42 Å². The summed E-state index contributed by atoms with van der Waals surface area (Å²) in [7, 11) is 1.64. The number of hydrogen-bond donors (Lipinski definition) is 2. The van der Waals surface area contributed by atoms with Crippen LogP contribution in [-0.4, -0.2) is 44.9 Å². The quantitative estimate of drug-likeness (QED) is 0.522. The fourth-order valence-electron chi connectivity index (χ4n) is 1.15. The molecule has 0 aliphatic carbocycles. The van der Waals surface area contributed by atoms with E-state index in [1.807, 2.05) is 0 Å². The lowest BCUT2D eigenvalue weighted by Crippen LogP contribution is -2.19. The first-order valence-corrected chi connectivity index (χ1v) is 6.63. The molecule has 0 bridgehead atoms. The maximum atomic E-state index is 11.1. The van der Waals surface area contributed by atoms with Gasteiger partial charge in [0.15, 0.2) is 5.16 Å². The van der Waals surface area contributed by atoms with Crippen molar-refractivity contribution in [3.05, 3.63) is 10.5 Å². The Hall–Kier alpha value is -0.790. The van der Waals surface area contributed by atoms with E-state index in [0.717, 1.165) is 12.8 Å². The molecule has 1 heterocycles. The Morgan fingerprint density at radius 3 is 3.00 bits per heavy atom. The molecular formula is C10H19N3O3S. The zero-order valence-electron chi connectivity index (χ0n) is 10.2. The van der Waals surface area contributed by atoms with Crippen LogP contribution < -0.4 is 5.69 Å². The summed E-state index contributed by atoms with van der Waals surface area (Å²) >= 11 is 1.33. The molecule has 7 heteroatoms. The van der Waals surface area contributed by atoms with Crippen LogP contribution in [0.15, 0.2) is 9.95 Å². The van der Waals surface area contributed by atoms with Crippen LogP contribution in [0.5, 0.6) is 0 Å². The number of aromatic nitrogens is 3. The van der Waals surface area contributed by atoms with Gasteiger partial charge in [0.05, 0.1) is 12.7 Å². The van der Waals surface area contributed by atoms with Crippen LogP contribution in [0.1, 0.15) is 19.8 Å². The van der Waals surface area contributed by atoms with Gasteiger partial charge in [0.1, 0.15) is 0 Å². The second kappa shape index (κ2) is 7.52. The predicted molar refractivity (Wildman–Crippen MR) is 66.3 cm³/mol. The third kappa shape index (κ3) is 4.93. The molecule has 6 nitrogen and oxygen atoms in total. The Labute approximate surface area is 104 Å². The molecule has 0 saturated heterocycles. The van der Waals surface area contributed by atoms with Gasteiger partial charge in [-0.15, -0.1) is 5.10 Å². The second-order valence-corrected chi connectivity index (χ2v) is 4.75. The lowest BCUT2D eigenvalue weighted by molar-refractivity contribution is 0.0473. The van der Waals surface area contributed by atoms with Crippen molar-refractivity contribution >= 4 is 11.8 Å². The fourth-order valence-corrected chi connectivity index (χ4v) is 1.97. The van der Waals surface area contributed by atoms with Gasteiger partial charge >= 0.3 is 5.69 Å². The molecule has 1 aromatic heterocycles. The van der Waals surface area contributed by atoms with Crippen LogP contribution in [0.25, 0.3) is 0 Å². The second-order valence-electron chi connectivity index (χ2n) is 3.76. The first kappa shape index (κ1) is 14.3. The van der Waals surface area contributed by atoms with Crippen LogP contribution in [-0.2, 0) is 11.8 Å². The summed E-state index contributed by atoms with van der Waals surface area (Å²) in [5.41, 5.74) is -0.249. The molecule has 1 unspecified atom stereocenters. The van der Waals surface area contributed by atoms with Gasteiger partial charge in [-0.1, -0.05) is 25.1 Å². The van der Waals surface area contributed by atoms with Gasteiger partial charge in [-0.25, -0.2) is 9.89 Å². The van der Waals surface area contributed by atoms with Crippen LogP contribution >= 0.6 is 11.8 Å². The van der Waals surface area contributed by atoms with Crippen LogP contribution in [0.3, 0.4) is 0 Å². The summed E-state index contributed by atoms with van der Waals surface area (Å²) in [6, 6.07) is 0. The molecule has 0 fully saturated rings. The molecule has 1 aromatic rings. The van der Waals surface area contributed by atoms with Crippen molar-refractivity contribution in [2.45, 2.75) is 31.0 Å². The largest absolute Gasteiger partial charge is 0.390 e. The Morgan fingerprint density at radius 2 is 2.41 bits per heavy atom. The number of aromatic amines is 1. The zero-order chi connectivity index (χ0) is 12.7. The Morgan fingerprint density at radius 1 is 1.65 bits per heavy atom. The minimum Gasteiger partial charge on any atom is -0.390 e. The number of hydrogen-bond acceptors (Lipinski definition) is 5. The van der Waals surface area contributed by atoms with Crippen molar-refractivity contribution in [3.63, 3.8) is 0 Å². The Bertz CT molecular complexity index is 377. The van der Waals surface area contributed by atoms with Crippen LogP contribution in [0.2, 0.25) is 0 Å². The number of nitrogens with zero attached hydrogens (tertiary/aromatic N) is 2. The van der Waals surface area contributed by atoms with Crippen molar-refractivity contribution in [1.29, 1.82) is 0 Å². The van der Waals surface area contributed by atoms with Gasteiger partial charge in [0, 0.05) is 19.4 Å². The summed E-state index contributed by atoms with van der Waals surface area (Å²) in [6.45, 7) is 3.10. The number of thioether (sulfide) groups is 1. The first-order chi connectivity index (χ1) is 8.15. The molecule has 1 atom stereocenters. The van der Waals surface area contributed by atoms with E-state index in [1.165, 1.54) is 16.3 Å². The molecule has 0 radical (unpaired) electrons. The summed E-state index contributed by atoms with van der Waals surface area (Å²) in [6.07, 6.45) is 1.55. The average molecular weight is 261 g/mol. The van der Waals surface area contributed by atoms with E-state index < -0.39 is 6.10 Å². The molecule has 0 aliphatic heterocycles. The number of aliphatic hydroxyl groups is 1. The van der Waals surface area contributed by atoms with Gasteiger partial charge in [-0.2, -0.15) is 0 Å². The van der Waals surface area contributed by atoms with E-state index in [0.29, 0.717) is 24.1 Å². The molecule has 2 N–H and O–H groups in total. The van der Waals surface area contributed by atoms with Crippen molar-refractivity contribution in [2.24, 2.45) is 7.05 Å². The van der Waals surface area contributed by atoms with Crippen molar-refractivity contribution in [1.82, 2.24) is 14.8 Å². The normalized spacial score (nSPS) is 12.9. The molecule has 0 amide bonds. The molecule has 0 aliphatic rings. The lowest BCUT2D eigenvalue weighted by Gasteiger charge is -2.10. The molecule has 0 saturated carbocycles. The molecule has 17 heavy (non-hydrogen) atoms. The highest BCUT2D eigenvalue weighted by molar-refractivity contribution is 7.99. The third-order valence-electron chi connectivity index (χ3n) is 2.20. The van der Waals surface area contributed by atoms with E-state index >= 15 is 0 Å². The van der Waals surface area contributed by atoms with Crippen molar-refractivity contribution < 1.29 is 9.84 Å².